The standard InChI is InChI=1S/C28H39Cl2O4P.Li.H/c1-18(2)10-13-32-21-16-24(33-14-11-19(3)4)27(25(17-21)34-15-12-20(5)6)35-28(31)26-22(29)8-7-9-23(26)30;;/h7-9,16-20,35H,10-15H2,1-6H3;;/q;+1;-1. The molecule has 0 aliphatic heterocycles. The zero-order chi connectivity index (χ0) is 26.0. The van der Waals surface area contributed by atoms with Gasteiger partial charge in [0.05, 0.1) is 40.7 Å². The van der Waals surface area contributed by atoms with E-state index in [1.54, 1.807) is 18.2 Å². The first-order chi connectivity index (χ1) is 16.6. The van der Waals surface area contributed by atoms with Gasteiger partial charge in [0.1, 0.15) is 17.2 Å². The summed E-state index contributed by atoms with van der Waals surface area (Å²) in [6, 6.07) is 8.84. The van der Waals surface area contributed by atoms with Crippen molar-refractivity contribution in [3.05, 3.63) is 45.9 Å². The van der Waals surface area contributed by atoms with Gasteiger partial charge in [-0.15, -0.1) is 0 Å². The smallest absolute Gasteiger partial charge is 1.00 e. The molecular formula is C28H40Cl2LiO4P. The van der Waals surface area contributed by atoms with Crippen molar-refractivity contribution in [2.45, 2.75) is 60.8 Å². The Balaban J connectivity index is 0.00000648. The molecule has 0 saturated heterocycles. The number of benzene rings is 2. The van der Waals surface area contributed by atoms with Crippen molar-refractivity contribution in [3.63, 3.8) is 0 Å². The van der Waals surface area contributed by atoms with Gasteiger partial charge in [-0.05, 0) is 57.7 Å². The Morgan fingerprint density at radius 3 is 1.64 bits per heavy atom. The number of halogens is 2. The van der Waals surface area contributed by atoms with Crippen LogP contribution in [0.1, 0.15) is 72.6 Å². The molecule has 0 aliphatic carbocycles. The van der Waals surface area contributed by atoms with Crippen LogP contribution in [0.15, 0.2) is 30.3 Å². The Bertz CT molecular complexity index is 918. The largest absolute Gasteiger partial charge is 1.00 e. The average molecular weight is 549 g/mol. The summed E-state index contributed by atoms with van der Waals surface area (Å²) >= 11 is 12.7. The Hall–Kier alpha value is -0.883. The van der Waals surface area contributed by atoms with Crippen molar-refractivity contribution < 1.29 is 39.3 Å². The Morgan fingerprint density at radius 1 is 0.806 bits per heavy atom. The SMILES string of the molecule is CC(C)CCOc1cc(OCCC(C)C)c(PC(=O)c2c(Cl)cccc2Cl)c(OCCC(C)C)c1.[H-].[Li+]. The van der Waals surface area contributed by atoms with Crippen LogP contribution in [0, 0.1) is 17.8 Å². The van der Waals surface area contributed by atoms with Gasteiger partial charge in [-0.1, -0.05) is 70.8 Å². The van der Waals surface area contributed by atoms with E-state index in [4.69, 9.17) is 37.4 Å². The fourth-order valence-electron chi connectivity index (χ4n) is 3.11. The molecule has 0 bridgehead atoms. The van der Waals surface area contributed by atoms with Crippen LogP contribution in [0.4, 0.5) is 0 Å². The summed E-state index contributed by atoms with van der Waals surface area (Å²) in [4.78, 5) is 13.4. The average Bonchev–Trinajstić information content (AvgIpc) is 2.75. The van der Waals surface area contributed by atoms with Crippen molar-refractivity contribution in [3.8, 4) is 17.2 Å². The van der Waals surface area contributed by atoms with E-state index in [9.17, 15) is 4.79 Å². The van der Waals surface area contributed by atoms with Crippen LogP contribution in [0.5, 0.6) is 17.2 Å². The summed E-state index contributed by atoms with van der Waals surface area (Å²) in [5.74, 6) is 3.44. The van der Waals surface area contributed by atoms with Gasteiger partial charge in [-0.2, -0.15) is 0 Å². The topological polar surface area (TPSA) is 44.8 Å². The van der Waals surface area contributed by atoms with Gasteiger partial charge < -0.3 is 15.6 Å². The molecule has 2 aromatic rings. The van der Waals surface area contributed by atoms with Crippen LogP contribution in [0.2, 0.25) is 10.0 Å². The molecule has 2 rings (SSSR count). The number of hydrogen-bond donors (Lipinski definition) is 0. The predicted molar refractivity (Wildman–Crippen MR) is 151 cm³/mol. The molecule has 196 valence electrons. The van der Waals surface area contributed by atoms with E-state index >= 15 is 0 Å². The van der Waals surface area contributed by atoms with Gasteiger partial charge in [0.25, 0.3) is 0 Å². The molecule has 0 amide bonds. The molecule has 1 atom stereocenters. The third-order valence-corrected chi connectivity index (χ3v) is 7.19. The maximum Gasteiger partial charge on any atom is 1.00 e. The molecule has 4 nitrogen and oxygen atoms in total. The van der Waals surface area contributed by atoms with E-state index in [0.29, 0.717) is 70.4 Å². The fraction of sp³-hybridized carbons (Fsp3) is 0.536. The maximum atomic E-state index is 13.4. The molecule has 0 saturated carbocycles. The third-order valence-electron chi connectivity index (χ3n) is 5.34. The summed E-state index contributed by atoms with van der Waals surface area (Å²) < 4.78 is 18.5. The van der Waals surface area contributed by atoms with Crippen LogP contribution >= 0.6 is 31.8 Å². The maximum absolute atomic E-state index is 13.4. The Kier molecular flexibility index (Phi) is 15.5. The molecule has 2 aromatic carbocycles. The third kappa shape index (κ3) is 11.2. The second-order valence-corrected chi connectivity index (χ2v) is 12.0. The summed E-state index contributed by atoms with van der Waals surface area (Å²) in [5, 5.41) is 1.40. The minimum absolute atomic E-state index is 0. The summed E-state index contributed by atoms with van der Waals surface area (Å²) in [6.07, 6.45) is 2.74. The molecule has 0 aliphatic rings. The van der Waals surface area contributed by atoms with E-state index in [1.807, 2.05) is 12.1 Å². The van der Waals surface area contributed by atoms with E-state index in [1.165, 1.54) is 0 Å². The molecular weight excluding hydrogens is 509 g/mol. The van der Waals surface area contributed by atoms with Crippen LogP contribution < -0.4 is 38.4 Å². The van der Waals surface area contributed by atoms with E-state index < -0.39 is 0 Å². The van der Waals surface area contributed by atoms with Crippen LogP contribution in [-0.2, 0) is 0 Å². The van der Waals surface area contributed by atoms with Gasteiger partial charge in [0, 0.05) is 12.1 Å². The number of carbonyl (C=O) groups excluding carboxylic acids is 1. The minimum atomic E-state index is -0.261. The number of rotatable bonds is 15. The van der Waals surface area contributed by atoms with Gasteiger partial charge in [0.15, 0.2) is 5.52 Å². The molecule has 0 aromatic heterocycles. The van der Waals surface area contributed by atoms with Gasteiger partial charge in [-0.3, -0.25) is 4.79 Å². The van der Waals surface area contributed by atoms with E-state index in [-0.39, 0.29) is 34.4 Å². The number of carbonyl (C=O) groups is 1. The Morgan fingerprint density at radius 2 is 1.22 bits per heavy atom. The van der Waals surface area contributed by atoms with E-state index in [2.05, 4.69) is 41.5 Å². The van der Waals surface area contributed by atoms with Crippen molar-refractivity contribution >= 4 is 42.6 Å². The Labute approximate surface area is 242 Å². The van der Waals surface area contributed by atoms with Crippen LogP contribution in [0.3, 0.4) is 0 Å². The zero-order valence-electron chi connectivity index (χ0n) is 23.8. The predicted octanol–water partition coefficient (Wildman–Crippen LogP) is 5.53. The quantitative estimate of drug-likeness (QED) is 0.217. The second kappa shape index (κ2) is 16.9. The summed E-state index contributed by atoms with van der Waals surface area (Å²) in [5.41, 5.74) is 0.171. The van der Waals surface area contributed by atoms with Crippen LogP contribution in [-0.4, -0.2) is 25.3 Å². The normalized spacial score (nSPS) is 11.4. The number of ether oxygens (including phenoxy) is 3. The van der Waals surface area contributed by atoms with Gasteiger partial charge in [0.2, 0.25) is 0 Å². The van der Waals surface area contributed by atoms with Crippen molar-refractivity contribution in [2.75, 3.05) is 19.8 Å². The summed E-state index contributed by atoms with van der Waals surface area (Å²) in [6.45, 7) is 14.6. The molecule has 0 radical (unpaired) electrons. The summed E-state index contributed by atoms with van der Waals surface area (Å²) in [7, 11) is -0.261. The van der Waals surface area contributed by atoms with Crippen molar-refractivity contribution in [2.24, 2.45) is 17.8 Å². The van der Waals surface area contributed by atoms with Gasteiger partial charge >= 0.3 is 18.9 Å². The second-order valence-electron chi connectivity index (χ2n) is 9.94. The first-order valence-corrected chi connectivity index (χ1v) is 14.2. The molecule has 36 heavy (non-hydrogen) atoms. The first kappa shape index (κ1) is 33.1. The van der Waals surface area contributed by atoms with Crippen molar-refractivity contribution in [1.82, 2.24) is 0 Å². The van der Waals surface area contributed by atoms with Gasteiger partial charge in [-0.25, -0.2) is 0 Å². The van der Waals surface area contributed by atoms with Crippen LogP contribution in [0.25, 0.3) is 0 Å². The minimum Gasteiger partial charge on any atom is -1.00 e. The molecule has 0 spiro atoms. The first-order valence-electron chi connectivity index (χ1n) is 12.4. The molecule has 0 fully saturated rings. The molecule has 1 unspecified atom stereocenters. The fourth-order valence-corrected chi connectivity index (χ4v) is 5.00. The van der Waals surface area contributed by atoms with Crippen molar-refractivity contribution in [1.29, 1.82) is 0 Å². The number of hydrogen-bond acceptors (Lipinski definition) is 4. The molecule has 0 heterocycles. The van der Waals surface area contributed by atoms with E-state index in [0.717, 1.165) is 24.6 Å². The molecule has 8 heteroatoms. The zero-order valence-corrected chi connectivity index (χ0v) is 25.3. The monoisotopic (exact) mass is 548 g/mol. The molecule has 0 N–H and O–H groups in total.